The third-order valence-electron chi connectivity index (χ3n) is 12.1. The van der Waals surface area contributed by atoms with Crippen molar-refractivity contribution < 1.29 is 33.3 Å². The van der Waals surface area contributed by atoms with Crippen molar-refractivity contribution in [3.05, 3.63) is 0 Å². The topological polar surface area (TPSA) is 103 Å². The Balaban J connectivity index is 5.07. The fourth-order valence-corrected chi connectivity index (χ4v) is 8.16. The number of carbonyl (C=O) groups is 3. The minimum absolute atomic E-state index is 0.107. The van der Waals surface area contributed by atoms with Crippen molar-refractivity contribution in [2.45, 2.75) is 252 Å². The highest BCUT2D eigenvalue weighted by molar-refractivity contribution is 5.70. The summed E-state index contributed by atoms with van der Waals surface area (Å²) in [6, 6.07) is 0. The average molecular weight is 867 g/mol. The summed E-state index contributed by atoms with van der Waals surface area (Å²) in [7, 11) is 4.00. The summed E-state index contributed by atoms with van der Waals surface area (Å²) < 4.78 is 23.0. The number of likely N-dealkylation sites (N-methyl/N-ethyl adjacent to an activating group) is 1. The monoisotopic (exact) mass is 867 g/mol. The van der Waals surface area contributed by atoms with Crippen LogP contribution in [0.1, 0.15) is 246 Å². The van der Waals surface area contributed by atoms with Gasteiger partial charge in [0.1, 0.15) is 6.10 Å². The van der Waals surface area contributed by atoms with E-state index in [0.717, 1.165) is 32.2 Å². The second kappa shape index (κ2) is 46.1. The Morgan fingerprint density at radius 1 is 0.443 bits per heavy atom. The molecule has 0 aliphatic rings. The van der Waals surface area contributed by atoms with Crippen molar-refractivity contribution in [2.75, 3.05) is 53.6 Å². The maximum atomic E-state index is 13.0. The Bertz CT molecular complexity index is 874. The molecule has 0 bridgehead atoms. The fourth-order valence-electron chi connectivity index (χ4n) is 8.16. The van der Waals surface area contributed by atoms with Crippen LogP contribution in [0.3, 0.4) is 0 Å². The summed E-state index contributed by atoms with van der Waals surface area (Å²) >= 11 is 0. The predicted octanol–water partition coefficient (Wildman–Crippen LogP) is 14.3. The van der Waals surface area contributed by atoms with Crippen molar-refractivity contribution in [3.63, 3.8) is 0 Å². The van der Waals surface area contributed by atoms with Gasteiger partial charge in [0.15, 0.2) is 0 Å². The molecule has 0 saturated carbocycles. The maximum absolute atomic E-state index is 13.0. The number of nitrogens with one attached hydrogen (secondary N) is 1. The van der Waals surface area contributed by atoms with Gasteiger partial charge in [0.2, 0.25) is 0 Å². The molecule has 0 atom stereocenters. The first kappa shape index (κ1) is 59.1. The minimum Gasteiger partial charge on any atom is -0.466 e. The largest absolute Gasteiger partial charge is 0.466 e. The number of nitrogens with zero attached hydrogens (tertiary/aromatic N) is 1. The van der Waals surface area contributed by atoms with Crippen LogP contribution in [0.25, 0.3) is 0 Å². The summed E-state index contributed by atoms with van der Waals surface area (Å²) in [5, 5.41) is 2.81. The van der Waals surface area contributed by atoms with E-state index in [1.165, 1.54) is 154 Å². The number of ether oxygens (including phenoxy) is 4. The predicted molar refractivity (Wildman–Crippen MR) is 256 cm³/mol. The van der Waals surface area contributed by atoms with Crippen molar-refractivity contribution in [1.82, 2.24) is 10.2 Å². The Labute approximate surface area is 378 Å². The molecular weight excluding hydrogens is 765 g/mol. The van der Waals surface area contributed by atoms with Gasteiger partial charge >= 0.3 is 18.0 Å². The van der Waals surface area contributed by atoms with Gasteiger partial charge < -0.3 is 29.2 Å². The van der Waals surface area contributed by atoms with E-state index in [2.05, 4.69) is 37.9 Å². The third-order valence-corrected chi connectivity index (χ3v) is 12.1. The molecule has 0 radical (unpaired) electrons. The standard InChI is InChI=1S/C52H102N2O7/c1-7-11-15-19-23-27-33-47(34-28-24-20-16-12-8-2)45-50(55)59-41-31-37-49(61-52(57)53-39-43-58-44-40-54(5)6)38-32-42-60-51(56)46-48(35-29-25-21-17-13-9-3)36-30-26-22-18-14-10-4/h47-49H,7-46H2,1-6H3,(H,53,57). The molecule has 0 heterocycles. The molecular formula is C52H102N2O7. The van der Waals surface area contributed by atoms with E-state index in [9.17, 15) is 14.4 Å². The first-order valence-electron chi connectivity index (χ1n) is 26.2. The Morgan fingerprint density at radius 2 is 0.803 bits per heavy atom. The van der Waals surface area contributed by atoms with E-state index >= 15 is 0 Å². The van der Waals surface area contributed by atoms with E-state index in [0.29, 0.717) is 83.3 Å². The second-order valence-corrected chi connectivity index (χ2v) is 18.5. The minimum atomic E-state index is -0.477. The Morgan fingerprint density at radius 3 is 1.16 bits per heavy atom. The first-order valence-corrected chi connectivity index (χ1v) is 26.2. The fraction of sp³-hybridized carbons (Fsp3) is 0.942. The van der Waals surface area contributed by atoms with Gasteiger partial charge in [0.05, 0.1) is 26.4 Å². The third kappa shape index (κ3) is 43.2. The molecule has 0 rings (SSSR count). The van der Waals surface area contributed by atoms with E-state index in [1.54, 1.807) is 0 Å². The van der Waals surface area contributed by atoms with Gasteiger partial charge in [-0.2, -0.15) is 0 Å². The van der Waals surface area contributed by atoms with E-state index in [1.807, 2.05) is 14.1 Å². The van der Waals surface area contributed by atoms with Crippen LogP contribution in [0.4, 0.5) is 4.79 Å². The maximum Gasteiger partial charge on any atom is 0.407 e. The van der Waals surface area contributed by atoms with Crippen LogP contribution in [0.5, 0.6) is 0 Å². The van der Waals surface area contributed by atoms with Crippen molar-refractivity contribution in [2.24, 2.45) is 11.8 Å². The van der Waals surface area contributed by atoms with Gasteiger partial charge in [-0.15, -0.1) is 0 Å². The molecule has 0 aromatic heterocycles. The van der Waals surface area contributed by atoms with Crippen LogP contribution in [0, 0.1) is 11.8 Å². The number of carbonyl (C=O) groups excluding carboxylic acids is 3. The molecule has 9 heteroatoms. The van der Waals surface area contributed by atoms with Gasteiger partial charge in [0.25, 0.3) is 0 Å². The number of unbranched alkanes of at least 4 members (excludes halogenated alkanes) is 20. The highest BCUT2D eigenvalue weighted by Crippen LogP contribution is 2.25. The molecule has 1 N–H and O–H groups in total. The van der Waals surface area contributed by atoms with Gasteiger partial charge in [0, 0.05) is 25.9 Å². The number of amides is 1. The lowest BCUT2D eigenvalue weighted by molar-refractivity contribution is -0.145. The highest BCUT2D eigenvalue weighted by Gasteiger charge is 2.19. The summed E-state index contributed by atoms with van der Waals surface area (Å²) in [6.45, 7) is 11.8. The van der Waals surface area contributed by atoms with Gasteiger partial charge in [-0.25, -0.2) is 4.79 Å². The summed E-state index contributed by atoms with van der Waals surface area (Å²) in [5.41, 5.74) is 0. The van der Waals surface area contributed by atoms with E-state index in [-0.39, 0.29) is 18.0 Å². The lowest BCUT2D eigenvalue weighted by Crippen LogP contribution is -2.32. The smallest absolute Gasteiger partial charge is 0.407 e. The van der Waals surface area contributed by atoms with Crippen LogP contribution in [0.15, 0.2) is 0 Å². The van der Waals surface area contributed by atoms with Crippen molar-refractivity contribution in [3.8, 4) is 0 Å². The quantitative estimate of drug-likeness (QED) is 0.0366. The second-order valence-electron chi connectivity index (χ2n) is 18.5. The lowest BCUT2D eigenvalue weighted by atomic mass is 9.91. The molecule has 0 aliphatic heterocycles. The SMILES string of the molecule is CCCCCCCCC(CCCCCCCC)CC(=O)OCCCC(CCCOC(=O)CC(CCCCCCCC)CCCCCCCC)OC(=O)NCCOCCN(C)C. The summed E-state index contributed by atoms with van der Waals surface area (Å²) in [6.07, 6.45) is 37.3. The summed E-state index contributed by atoms with van der Waals surface area (Å²) in [4.78, 5) is 40.9. The van der Waals surface area contributed by atoms with Gasteiger partial charge in [-0.1, -0.05) is 182 Å². The number of alkyl carbamates (subject to hydrolysis) is 1. The van der Waals surface area contributed by atoms with Crippen LogP contribution in [0.2, 0.25) is 0 Å². The zero-order valence-corrected chi connectivity index (χ0v) is 41.3. The zero-order valence-electron chi connectivity index (χ0n) is 41.3. The Hall–Kier alpha value is -1.87. The molecule has 0 aromatic rings. The molecule has 9 nitrogen and oxygen atoms in total. The number of hydrogen-bond donors (Lipinski definition) is 1. The molecule has 0 fully saturated rings. The van der Waals surface area contributed by atoms with Gasteiger partial charge in [-0.3, -0.25) is 9.59 Å². The number of hydrogen-bond acceptors (Lipinski definition) is 8. The number of esters is 2. The molecule has 0 saturated heterocycles. The molecule has 0 unspecified atom stereocenters. The van der Waals surface area contributed by atoms with Crippen molar-refractivity contribution >= 4 is 18.0 Å². The van der Waals surface area contributed by atoms with E-state index < -0.39 is 6.09 Å². The molecule has 1 amide bonds. The normalized spacial score (nSPS) is 11.6. The first-order chi connectivity index (χ1) is 29.7. The van der Waals surface area contributed by atoms with Crippen LogP contribution >= 0.6 is 0 Å². The van der Waals surface area contributed by atoms with Crippen LogP contribution in [-0.4, -0.2) is 82.6 Å². The highest BCUT2D eigenvalue weighted by atomic mass is 16.6. The molecule has 0 aromatic carbocycles. The lowest BCUT2D eigenvalue weighted by Gasteiger charge is -2.20. The van der Waals surface area contributed by atoms with Crippen LogP contribution in [-0.2, 0) is 28.5 Å². The molecule has 0 spiro atoms. The van der Waals surface area contributed by atoms with E-state index in [4.69, 9.17) is 18.9 Å². The summed E-state index contributed by atoms with van der Waals surface area (Å²) in [5.74, 6) is 0.565. The van der Waals surface area contributed by atoms with Crippen molar-refractivity contribution in [1.29, 1.82) is 0 Å². The molecule has 61 heavy (non-hydrogen) atoms. The Kier molecular flexibility index (Phi) is 44.7. The average Bonchev–Trinajstić information content (AvgIpc) is 3.23. The molecule has 362 valence electrons. The van der Waals surface area contributed by atoms with Gasteiger partial charge in [-0.05, 0) is 77.3 Å². The molecule has 0 aliphatic carbocycles. The zero-order chi connectivity index (χ0) is 44.9. The van der Waals surface area contributed by atoms with Crippen LogP contribution < -0.4 is 5.32 Å². The number of rotatable bonds is 47.